The summed E-state index contributed by atoms with van der Waals surface area (Å²) in [5, 5.41) is 0. The first-order chi connectivity index (χ1) is 5.66. The molecule has 1 aromatic heterocycles. The molecule has 0 aliphatic heterocycles. The lowest BCUT2D eigenvalue weighted by Crippen LogP contribution is -2.19. The van der Waals surface area contributed by atoms with Crippen LogP contribution in [0.4, 0.5) is 0 Å². The molecule has 4 heteroatoms. The Bertz CT molecular complexity index is 257. The van der Waals surface area contributed by atoms with Crippen molar-refractivity contribution < 1.29 is 4.74 Å². The summed E-state index contributed by atoms with van der Waals surface area (Å²) in [5.41, 5.74) is 6.84. The molecule has 0 aromatic carbocycles. The van der Waals surface area contributed by atoms with Crippen molar-refractivity contribution in [3.8, 4) is 0 Å². The monoisotopic (exact) mass is 169 g/mol. The molecule has 1 unspecified atom stereocenters. The third kappa shape index (κ3) is 1.65. The molecule has 0 aliphatic carbocycles. The van der Waals surface area contributed by atoms with Crippen molar-refractivity contribution in [3.05, 3.63) is 17.7 Å². The average molecular weight is 169 g/mol. The lowest BCUT2D eigenvalue weighted by atomic mass is 10.2. The molecule has 1 heterocycles. The summed E-state index contributed by atoms with van der Waals surface area (Å²) >= 11 is 0. The SMILES string of the molecule is COCC(N)c1cnc(C)n1C. The Morgan fingerprint density at radius 1 is 1.75 bits per heavy atom. The molecule has 0 bridgehead atoms. The largest absolute Gasteiger partial charge is 0.383 e. The van der Waals surface area contributed by atoms with Gasteiger partial charge in [-0.2, -0.15) is 0 Å². The highest BCUT2D eigenvalue weighted by Crippen LogP contribution is 2.10. The van der Waals surface area contributed by atoms with E-state index < -0.39 is 0 Å². The van der Waals surface area contributed by atoms with Crippen molar-refractivity contribution in [3.63, 3.8) is 0 Å². The summed E-state index contributed by atoms with van der Waals surface area (Å²) in [5.74, 6) is 0.969. The molecular weight excluding hydrogens is 154 g/mol. The van der Waals surface area contributed by atoms with Gasteiger partial charge in [0, 0.05) is 14.2 Å². The van der Waals surface area contributed by atoms with E-state index in [-0.39, 0.29) is 6.04 Å². The van der Waals surface area contributed by atoms with E-state index in [4.69, 9.17) is 10.5 Å². The van der Waals surface area contributed by atoms with Gasteiger partial charge in [-0.15, -0.1) is 0 Å². The highest BCUT2D eigenvalue weighted by molar-refractivity contribution is 5.08. The second-order valence-corrected chi connectivity index (χ2v) is 2.85. The summed E-state index contributed by atoms with van der Waals surface area (Å²) in [7, 11) is 3.59. The number of aromatic nitrogens is 2. The third-order valence-corrected chi connectivity index (χ3v) is 1.98. The number of hydrogen-bond donors (Lipinski definition) is 1. The van der Waals surface area contributed by atoms with Gasteiger partial charge in [0.1, 0.15) is 5.82 Å². The van der Waals surface area contributed by atoms with Crippen LogP contribution < -0.4 is 5.73 Å². The topological polar surface area (TPSA) is 53.1 Å². The van der Waals surface area contributed by atoms with Crippen LogP contribution in [0.15, 0.2) is 6.20 Å². The predicted octanol–water partition coefficient (Wildman–Crippen LogP) is 0.375. The van der Waals surface area contributed by atoms with Crippen LogP contribution in [0.3, 0.4) is 0 Å². The smallest absolute Gasteiger partial charge is 0.105 e. The van der Waals surface area contributed by atoms with Crippen LogP contribution >= 0.6 is 0 Å². The van der Waals surface area contributed by atoms with Crippen LogP contribution in [0.25, 0.3) is 0 Å². The maximum atomic E-state index is 5.83. The van der Waals surface area contributed by atoms with Crippen molar-refractivity contribution in [2.75, 3.05) is 13.7 Å². The number of nitrogens with two attached hydrogens (primary N) is 1. The fourth-order valence-corrected chi connectivity index (χ4v) is 1.13. The predicted molar refractivity (Wildman–Crippen MR) is 46.7 cm³/mol. The lowest BCUT2D eigenvalue weighted by Gasteiger charge is -2.10. The minimum atomic E-state index is -0.0822. The molecule has 2 N–H and O–H groups in total. The van der Waals surface area contributed by atoms with Gasteiger partial charge in [0.2, 0.25) is 0 Å². The number of ether oxygens (including phenoxy) is 1. The van der Waals surface area contributed by atoms with E-state index in [1.807, 2.05) is 18.5 Å². The number of imidazole rings is 1. The fraction of sp³-hybridized carbons (Fsp3) is 0.625. The third-order valence-electron chi connectivity index (χ3n) is 1.98. The number of rotatable bonds is 3. The van der Waals surface area contributed by atoms with E-state index in [1.54, 1.807) is 13.3 Å². The molecule has 1 atom stereocenters. The minimum absolute atomic E-state index is 0.0822. The van der Waals surface area contributed by atoms with Gasteiger partial charge in [-0.1, -0.05) is 0 Å². The van der Waals surface area contributed by atoms with Crippen molar-refractivity contribution >= 4 is 0 Å². The van der Waals surface area contributed by atoms with Crippen LogP contribution in [0.1, 0.15) is 17.6 Å². The van der Waals surface area contributed by atoms with Crippen LogP contribution in [0.5, 0.6) is 0 Å². The molecule has 12 heavy (non-hydrogen) atoms. The van der Waals surface area contributed by atoms with Gasteiger partial charge in [-0.05, 0) is 6.92 Å². The van der Waals surface area contributed by atoms with Crippen molar-refractivity contribution in [1.29, 1.82) is 0 Å². The van der Waals surface area contributed by atoms with Crippen LogP contribution in [0, 0.1) is 6.92 Å². The summed E-state index contributed by atoms with van der Waals surface area (Å²) in [6, 6.07) is -0.0822. The molecule has 1 aromatic rings. The second kappa shape index (κ2) is 3.69. The molecule has 0 fully saturated rings. The molecule has 0 amide bonds. The number of aryl methyl sites for hydroxylation is 1. The lowest BCUT2D eigenvalue weighted by molar-refractivity contribution is 0.178. The maximum Gasteiger partial charge on any atom is 0.105 e. The zero-order valence-corrected chi connectivity index (χ0v) is 7.74. The van der Waals surface area contributed by atoms with Crippen molar-refractivity contribution in [1.82, 2.24) is 9.55 Å². The van der Waals surface area contributed by atoms with E-state index >= 15 is 0 Å². The minimum Gasteiger partial charge on any atom is -0.383 e. The average Bonchev–Trinajstić information content (AvgIpc) is 2.34. The molecule has 0 saturated heterocycles. The van der Waals surface area contributed by atoms with Gasteiger partial charge in [0.25, 0.3) is 0 Å². The fourth-order valence-electron chi connectivity index (χ4n) is 1.13. The van der Waals surface area contributed by atoms with E-state index in [9.17, 15) is 0 Å². The van der Waals surface area contributed by atoms with Gasteiger partial charge in [-0.25, -0.2) is 4.98 Å². The van der Waals surface area contributed by atoms with Crippen LogP contribution in [-0.4, -0.2) is 23.3 Å². The first-order valence-corrected chi connectivity index (χ1v) is 3.89. The summed E-state index contributed by atoms with van der Waals surface area (Å²) in [6.07, 6.45) is 1.79. The van der Waals surface area contributed by atoms with E-state index in [1.165, 1.54) is 0 Å². The van der Waals surface area contributed by atoms with Gasteiger partial charge in [0.15, 0.2) is 0 Å². The van der Waals surface area contributed by atoms with Gasteiger partial charge < -0.3 is 15.0 Å². The van der Waals surface area contributed by atoms with Gasteiger partial charge in [-0.3, -0.25) is 0 Å². The van der Waals surface area contributed by atoms with Crippen LogP contribution in [-0.2, 0) is 11.8 Å². The molecule has 0 radical (unpaired) electrons. The molecule has 1 rings (SSSR count). The quantitative estimate of drug-likeness (QED) is 0.711. The second-order valence-electron chi connectivity index (χ2n) is 2.85. The van der Waals surface area contributed by atoms with E-state index in [0.29, 0.717) is 6.61 Å². The first-order valence-electron chi connectivity index (χ1n) is 3.89. The van der Waals surface area contributed by atoms with Gasteiger partial charge >= 0.3 is 0 Å². The Morgan fingerprint density at radius 2 is 2.42 bits per heavy atom. The van der Waals surface area contributed by atoms with Crippen molar-refractivity contribution in [2.24, 2.45) is 12.8 Å². The molecule has 4 nitrogen and oxygen atoms in total. The summed E-state index contributed by atoms with van der Waals surface area (Å²) < 4.78 is 6.93. The maximum absolute atomic E-state index is 5.83. The van der Waals surface area contributed by atoms with Crippen LogP contribution in [0.2, 0.25) is 0 Å². The number of hydrogen-bond acceptors (Lipinski definition) is 3. The summed E-state index contributed by atoms with van der Waals surface area (Å²) in [6.45, 7) is 2.47. The van der Waals surface area contributed by atoms with Gasteiger partial charge in [0.05, 0.1) is 24.5 Å². The zero-order valence-electron chi connectivity index (χ0n) is 7.74. The Kier molecular flexibility index (Phi) is 2.83. The molecular formula is C8H15N3O. The Balaban J connectivity index is 2.80. The Morgan fingerprint density at radius 3 is 2.83 bits per heavy atom. The van der Waals surface area contributed by atoms with Crippen molar-refractivity contribution in [2.45, 2.75) is 13.0 Å². The van der Waals surface area contributed by atoms with E-state index in [0.717, 1.165) is 11.5 Å². The van der Waals surface area contributed by atoms with E-state index in [2.05, 4.69) is 4.98 Å². The number of nitrogens with zero attached hydrogens (tertiary/aromatic N) is 2. The standard InChI is InChI=1S/C8H15N3O/c1-6-10-4-8(11(6)2)7(9)5-12-3/h4,7H,5,9H2,1-3H3. The highest BCUT2D eigenvalue weighted by Gasteiger charge is 2.10. The normalized spacial score (nSPS) is 13.3. The Hall–Kier alpha value is -0.870. The molecule has 0 saturated carbocycles. The highest BCUT2D eigenvalue weighted by atomic mass is 16.5. The Labute approximate surface area is 72.3 Å². The summed E-state index contributed by atoms with van der Waals surface area (Å²) in [4.78, 5) is 4.15. The molecule has 0 spiro atoms. The first kappa shape index (κ1) is 9.22. The number of methoxy groups -OCH3 is 1. The molecule has 68 valence electrons. The molecule has 0 aliphatic rings. The zero-order chi connectivity index (χ0) is 9.14.